The first-order valence-corrected chi connectivity index (χ1v) is 7.64. The summed E-state index contributed by atoms with van der Waals surface area (Å²) in [6.45, 7) is 5.88. The summed E-state index contributed by atoms with van der Waals surface area (Å²) in [5.41, 5.74) is 6.90. The third-order valence-corrected chi connectivity index (χ3v) is 5.22. The molecule has 3 unspecified atom stereocenters. The molecule has 1 aliphatic rings. The third-order valence-electron chi connectivity index (χ3n) is 5.22. The van der Waals surface area contributed by atoms with Crippen LogP contribution in [0.1, 0.15) is 38.7 Å². The Morgan fingerprint density at radius 1 is 1.35 bits per heavy atom. The highest BCUT2D eigenvalue weighted by Gasteiger charge is 2.42. The molecular formula is C17H27FN2. The molecule has 2 N–H and O–H groups in total. The van der Waals surface area contributed by atoms with Gasteiger partial charge in [-0.1, -0.05) is 32.0 Å². The lowest BCUT2D eigenvalue weighted by molar-refractivity contribution is 0.0122. The number of nitrogens with zero attached hydrogens (tertiary/aromatic N) is 1. The molecule has 2 rings (SSSR count). The second kappa shape index (κ2) is 6.23. The minimum absolute atomic E-state index is 0.00872. The van der Waals surface area contributed by atoms with Gasteiger partial charge >= 0.3 is 0 Å². The summed E-state index contributed by atoms with van der Waals surface area (Å²) < 4.78 is 13.8. The predicted octanol–water partition coefficient (Wildman–Crippen LogP) is 3.41. The van der Waals surface area contributed by atoms with Crippen LogP contribution in [0.2, 0.25) is 0 Å². The van der Waals surface area contributed by atoms with Crippen molar-refractivity contribution in [2.75, 3.05) is 13.6 Å². The van der Waals surface area contributed by atoms with E-state index in [9.17, 15) is 4.39 Å². The first kappa shape index (κ1) is 15.5. The summed E-state index contributed by atoms with van der Waals surface area (Å²) in [4.78, 5) is 2.28. The van der Waals surface area contributed by atoms with E-state index in [-0.39, 0.29) is 11.4 Å². The lowest BCUT2D eigenvalue weighted by atomic mass is 9.69. The molecule has 3 heteroatoms. The van der Waals surface area contributed by atoms with Crippen molar-refractivity contribution >= 4 is 0 Å². The van der Waals surface area contributed by atoms with E-state index in [2.05, 4.69) is 25.8 Å². The molecule has 0 radical (unpaired) electrons. The van der Waals surface area contributed by atoms with Crippen LogP contribution in [0.4, 0.5) is 4.39 Å². The average Bonchev–Trinajstić information content (AvgIpc) is 2.42. The summed E-state index contributed by atoms with van der Waals surface area (Å²) in [6.07, 6.45) is 3.53. The minimum Gasteiger partial charge on any atom is -0.329 e. The maximum Gasteiger partial charge on any atom is 0.127 e. The lowest BCUT2D eigenvalue weighted by Gasteiger charge is -2.50. The van der Waals surface area contributed by atoms with Crippen LogP contribution in [-0.4, -0.2) is 24.0 Å². The van der Waals surface area contributed by atoms with Gasteiger partial charge < -0.3 is 5.73 Å². The normalized spacial score (nSPS) is 30.7. The molecule has 1 fully saturated rings. The van der Waals surface area contributed by atoms with E-state index in [0.717, 1.165) is 17.9 Å². The van der Waals surface area contributed by atoms with Crippen LogP contribution in [0, 0.1) is 17.7 Å². The van der Waals surface area contributed by atoms with Crippen LogP contribution in [0.15, 0.2) is 24.3 Å². The van der Waals surface area contributed by atoms with Crippen molar-refractivity contribution in [2.45, 2.75) is 45.2 Å². The number of rotatable bonds is 4. The first-order valence-electron chi connectivity index (χ1n) is 7.64. The highest BCUT2D eigenvalue weighted by Crippen LogP contribution is 2.40. The molecule has 0 bridgehead atoms. The highest BCUT2D eigenvalue weighted by atomic mass is 19.1. The van der Waals surface area contributed by atoms with Gasteiger partial charge in [0, 0.05) is 24.2 Å². The number of likely N-dealkylation sites (N-methyl/N-ethyl adjacent to an activating group) is 1. The molecule has 2 nitrogen and oxygen atoms in total. The summed E-state index contributed by atoms with van der Waals surface area (Å²) >= 11 is 0. The molecule has 1 aliphatic carbocycles. The van der Waals surface area contributed by atoms with E-state index in [1.54, 1.807) is 6.07 Å². The summed E-state index contributed by atoms with van der Waals surface area (Å²) in [6, 6.07) is 7.03. The van der Waals surface area contributed by atoms with Gasteiger partial charge in [-0.25, -0.2) is 4.39 Å². The molecule has 0 saturated heterocycles. The maximum atomic E-state index is 13.8. The van der Waals surface area contributed by atoms with Crippen molar-refractivity contribution < 1.29 is 4.39 Å². The summed E-state index contributed by atoms with van der Waals surface area (Å²) in [5.74, 6) is 1.20. The van der Waals surface area contributed by atoms with Gasteiger partial charge in [0.05, 0.1) is 0 Å². The topological polar surface area (TPSA) is 29.3 Å². The van der Waals surface area contributed by atoms with Crippen LogP contribution < -0.4 is 5.73 Å². The second-order valence-corrected chi connectivity index (χ2v) is 6.54. The number of hydrogen-bond acceptors (Lipinski definition) is 2. The van der Waals surface area contributed by atoms with Crippen LogP contribution >= 0.6 is 0 Å². The fourth-order valence-electron chi connectivity index (χ4n) is 3.75. The molecule has 1 aromatic rings. The summed E-state index contributed by atoms with van der Waals surface area (Å²) in [7, 11) is 2.09. The van der Waals surface area contributed by atoms with Crippen LogP contribution in [0.25, 0.3) is 0 Å². The summed E-state index contributed by atoms with van der Waals surface area (Å²) in [5, 5.41) is 0. The van der Waals surface area contributed by atoms with Gasteiger partial charge in [0.15, 0.2) is 0 Å². The fraction of sp³-hybridized carbons (Fsp3) is 0.647. The van der Waals surface area contributed by atoms with E-state index in [1.807, 2.05) is 12.1 Å². The largest absolute Gasteiger partial charge is 0.329 e. The zero-order valence-corrected chi connectivity index (χ0v) is 12.9. The second-order valence-electron chi connectivity index (χ2n) is 6.54. The van der Waals surface area contributed by atoms with Gasteiger partial charge in [0.2, 0.25) is 0 Å². The lowest BCUT2D eigenvalue weighted by Crippen LogP contribution is -2.58. The van der Waals surface area contributed by atoms with Crippen molar-refractivity contribution in [3.63, 3.8) is 0 Å². The van der Waals surface area contributed by atoms with E-state index >= 15 is 0 Å². The molecule has 0 amide bonds. The molecule has 112 valence electrons. The third kappa shape index (κ3) is 2.89. The molecule has 0 aromatic heterocycles. The van der Waals surface area contributed by atoms with Gasteiger partial charge in [-0.2, -0.15) is 0 Å². The zero-order valence-electron chi connectivity index (χ0n) is 12.9. The Hall–Kier alpha value is -0.930. The van der Waals surface area contributed by atoms with Gasteiger partial charge in [-0.05, 0) is 44.2 Å². The Labute approximate surface area is 122 Å². The number of halogens is 1. The molecule has 1 aromatic carbocycles. The van der Waals surface area contributed by atoms with Gasteiger partial charge in [-0.15, -0.1) is 0 Å². The Morgan fingerprint density at radius 2 is 2.05 bits per heavy atom. The molecule has 20 heavy (non-hydrogen) atoms. The highest BCUT2D eigenvalue weighted by molar-refractivity contribution is 5.18. The number of nitrogens with two attached hydrogens (primary N) is 1. The Balaban J connectivity index is 2.17. The minimum atomic E-state index is -0.122. The Kier molecular flexibility index (Phi) is 4.82. The first-order chi connectivity index (χ1) is 9.49. The van der Waals surface area contributed by atoms with E-state index in [0.29, 0.717) is 19.0 Å². The molecule has 3 atom stereocenters. The molecule has 1 saturated carbocycles. The fourth-order valence-corrected chi connectivity index (χ4v) is 3.75. The van der Waals surface area contributed by atoms with E-state index in [1.165, 1.54) is 18.9 Å². The molecule has 0 spiro atoms. The monoisotopic (exact) mass is 278 g/mol. The molecule has 0 aliphatic heterocycles. The maximum absolute atomic E-state index is 13.8. The van der Waals surface area contributed by atoms with E-state index in [4.69, 9.17) is 5.73 Å². The standard InChI is InChI=1S/C17H27FN2/c1-13-8-9-17(12-19,14(2)10-13)20(3)11-15-6-4-5-7-16(15)18/h4-7,13-14H,8-12,19H2,1-3H3. The van der Waals surface area contributed by atoms with Crippen molar-refractivity contribution in [1.29, 1.82) is 0 Å². The Morgan fingerprint density at radius 3 is 2.65 bits per heavy atom. The van der Waals surface area contributed by atoms with Gasteiger partial charge in [0.1, 0.15) is 5.82 Å². The number of benzene rings is 1. The molecule has 0 heterocycles. The van der Waals surface area contributed by atoms with E-state index < -0.39 is 0 Å². The predicted molar refractivity (Wildman–Crippen MR) is 81.8 cm³/mol. The quantitative estimate of drug-likeness (QED) is 0.914. The molecular weight excluding hydrogens is 251 g/mol. The van der Waals surface area contributed by atoms with Gasteiger partial charge in [-0.3, -0.25) is 4.90 Å². The SMILES string of the molecule is CC1CCC(CN)(N(C)Cc2ccccc2F)C(C)C1. The van der Waals surface area contributed by atoms with Crippen molar-refractivity contribution in [3.8, 4) is 0 Å². The van der Waals surface area contributed by atoms with Gasteiger partial charge in [0.25, 0.3) is 0 Å². The van der Waals surface area contributed by atoms with Crippen molar-refractivity contribution in [3.05, 3.63) is 35.6 Å². The van der Waals surface area contributed by atoms with Crippen molar-refractivity contribution in [1.82, 2.24) is 4.90 Å². The average molecular weight is 278 g/mol. The van der Waals surface area contributed by atoms with Crippen LogP contribution in [-0.2, 0) is 6.54 Å². The van der Waals surface area contributed by atoms with Crippen LogP contribution in [0.3, 0.4) is 0 Å². The smallest absolute Gasteiger partial charge is 0.127 e. The van der Waals surface area contributed by atoms with Crippen molar-refractivity contribution in [2.24, 2.45) is 17.6 Å². The Bertz CT molecular complexity index is 448. The van der Waals surface area contributed by atoms with Crippen LogP contribution in [0.5, 0.6) is 0 Å². The number of hydrogen-bond donors (Lipinski definition) is 1. The zero-order chi connectivity index (χ0) is 14.8.